The summed E-state index contributed by atoms with van der Waals surface area (Å²) >= 11 is 0. The van der Waals surface area contributed by atoms with Crippen LogP contribution in [0.15, 0.2) is 42.6 Å². The number of pyridine rings is 1. The minimum Gasteiger partial charge on any atom is -0.495 e. The van der Waals surface area contributed by atoms with E-state index in [2.05, 4.69) is 15.6 Å². The van der Waals surface area contributed by atoms with Crippen LogP contribution in [-0.4, -0.2) is 24.0 Å². The maximum Gasteiger partial charge on any atom is 0.270 e. The summed E-state index contributed by atoms with van der Waals surface area (Å²) in [6.45, 7) is 3.82. The molecule has 1 heterocycles. The molecule has 2 rings (SSSR count). The lowest BCUT2D eigenvalue weighted by Gasteiger charge is -2.12. The number of methoxy groups -OCH3 is 1. The molecule has 1 aromatic carbocycles. The third-order valence-electron chi connectivity index (χ3n) is 2.80. The number of aromatic nitrogens is 1. The number of benzene rings is 1. The number of hydrogen-bond donors (Lipinski definition) is 2. The number of amides is 1. The number of nitrogens with one attached hydrogen (secondary N) is 2. The van der Waals surface area contributed by atoms with Crippen LogP contribution >= 0.6 is 0 Å². The topological polar surface area (TPSA) is 63.2 Å². The van der Waals surface area contributed by atoms with Gasteiger partial charge in [0.25, 0.3) is 5.91 Å². The Hall–Kier alpha value is -2.56. The van der Waals surface area contributed by atoms with Gasteiger partial charge in [0, 0.05) is 17.9 Å². The number of rotatable bonds is 5. The van der Waals surface area contributed by atoms with E-state index in [-0.39, 0.29) is 11.9 Å². The average Bonchev–Trinajstić information content (AvgIpc) is 2.47. The summed E-state index contributed by atoms with van der Waals surface area (Å²) in [5, 5.41) is 6.05. The molecule has 1 aromatic heterocycles. The van der Waals surface area contributed by atoms with Gasteiger partial charge in [-0.05, 0) is 38.1 Å². The van der Waals surface area contributed by atoms with Crippen molar-refractivity contribution in [2.45, 2.75) is 19.9 Å². The van der Waals surface area contributed by atoms with Crippen molar-refractivity contribution in [1.82, 2.24) is 10.3 Å². The van der Waals surface area contributed by atoms with Gasteiger partial charge in [0.05, 0.1) is 12.8 Å². The molecule has 0 atom stereocenters. The first-order chi connectivity index (χ1) is 10.1. The molecule has 0 aliphatic heterocycles. The van der Waals surface area contributed by atoms with Crippen LogP contribution in [0.5, 0.6) is 5.75 Å². The quantitative estimate of drug-likeness (QED) is 0.886. The van der Waals surface area contributed by atoms with Gasteiger partial charge in [0.1, 0.15) is 11.4 Å². The lowest BCUT2D eigenvalue weighted by Crippen LogP contribution is -2.30. The van der Waals surface area contributed by atoms with Gasteiger partial charge in [0.15, 0.2) is 0 Å². The third kappa shape index (κ3) is 3.95. The molecule has 0 spiro atoms. The first-order valence-electron chi connectivity index (χ1n) is 6.77. The zero-order valence-electron chi connectivity index (χ0n) is 12.4. The average molecular weight is 285 g/mol. The molecule has 2 aromatic rings. The summed E-state index contributed by atoms with van der Waals surface area (Å²) in [6, 6.07) is 11.2. The lowest BCUT2D eigenvalue weighted by molar-refractivity contribution is 0.0938. The second-order valence-electron chi connectivity index (χ2n) is 4.88. The molecule has 0 bridgehead atoms. The van der Waals surface area contributed by atoms with Crippen LogP contribution < -0.4 is 15.4 Å². The fourth-order valence-corrected chi connectivity index (χ4v) is 1.87. The minimum atomic E-state index is -0.186. The first-order valence-corrected chi connectivity index (χ1v) is 6.77. The Labute approximate surface area is 124 Å². The molecule has 21 heavy (non-hydrogen) atoms. The number of ether oxygens (including phenoxy) is 1. The maximum atomic E-state index is 12.0. The highest BCUT2D eigenvalue weighted by atomic mass is 16.5. The van der Waals surface area contributed by atoms with Crippen LogP contribution in [0, 0.1) is 0 Å². The van der Waals surface area contributed by atoms with Crippen LogP contribution in [0.1, 0.15) is 24.3 Å². The van der Waals surface area contributed by atoms with Gasteiger partial charge in [-0.1, -0.05) is 12.1 Å². The Balaban J connectivity index is 2.20. The maximum absolute atomic E-state index is 12.0. The molecule has 110 valence electrons. The van der Waals surface area contributed by atoms with Gasteiger partial charge in [-0.15, -0.1) is 0 Å². The van der Waals surface area contributed by atoms with Crippen molar-refractivity contribution in [2.75, 3.05) is 12.4 Å². The molecular formula is C16H19N3O2. The highest BCUT2D eigenvalue weighted by molar-refractivity contribution is 5.93. The van der Waals surface area contributed by atoms with Crippen molar-refractivity contribution >= 4 is 17.3 Å². The van der Waals surface area contributed by atoms with Crippen molar-refractivity contribution < 1.29 is 9.53 Å². The molecule has 1 amide bonds. The van der Waals surface area contributed by atoms with Crippen molar-refractivity contribution in [2.24, 2.45) is 0 Å². The van der Waals surface area contributed by atoms with E-state index in [1.165, 1.54) is 0 Å². The van der Waals surface area contributed by atoms with Gasteiger partial charge < -0.3 is 15.4 Å². The predicted octanol–water partition coefficient (Wildman–Crippen LogP) is 2.97. The second-order valence-corrected chi connectivity index (χ2v) is 4.88. The fraction of sp³-hybridized carbons (Fsp3) is 0.250. The van der Waals surface area contributed by atoms with Gasteiger partial charge in [0.2, 0.25) is 0 Å². The Morgan fingerprint density at radius 1 is 1.24 bits per heavy atom. The second kappa shape index (κ2) is 6.74. The zero-order chi connectivity index (χ0) is 15.2. The number of carbonyl (C=O) groups is 1. The summed E-state index contributed by atoms with van der Waals surface area (Å²) in [7, 11) is 1.62. The fourth-order valence-electron chi connectivity index (χ4n) is 1.87. The number of para-hydroxylation sites is 2. The molecule has 0 fully saturated rings. The highest BCUT2D eigenvalue weighted by Gasteiger charge is 2.09. The third-order valence-corrected chi connectivity index (χ3v) is 2.80. The van der Waals surface area contributed by atoms with Crippen molar-refractivity contribution in [3.63, 3.8) is 0 Å². The van der Waals surface area contributed by atoms with E-state index in [0.717, 1.165) is 17.1 Å². The van der Waals surface area contributed by atoms with Crippen LogP contribution in [0.3, 0.4) is 0 Å². The van der Waals surface area contributed by atoms with Crippen LogP contribution in [0.25, 0.3) is 0 Å². The number of carbonyl (C=O) groups excluding carboxylic acids is 1. The number of nitrogens with zero attached hydrogens (tertiary/aromatic N) is 1. The monoisotopic (exact) mass is 285 g/mol. The summed E-state index contributed by atoms with van der Waals surface area (Å²) in [6.07, 6.45) is 1.60. The summed E-state index contributed by atoms with van der Waals surface area (Å²) < 4.78 is 5.29. The largest absolute Gasteiger partial charge is 0.495 e. The first kappa shape index (κ1) is 14.8. The van der Waals surface area contributed by atoms with E-state index in [9.17, 15) is 4.79 Å². The van der Waals surface area contributed by atoms with Crippen LogP contribution in [-0.2, 0) is 0 Å². The SMILES string of the molecule is COc1ccccc1Nc1ccnc(C(=O)NC(C)C)c1. The minimum absolute atomic E-state index is 0.0742. The van der Waals surface area contributed by atoms with E-state index in [1.54, 1.807) is 25.4 Å². The van der Waals surface area contributed by atoms with E-state index < -0.39 is 0 Å². The van der Waals surface area contributed by atoms with Gasteiger partial charge in [-0.25, -0.2) is 0 Å². The molecule has 5 nitrogen and oxygen atoms in total. The van der Waals surface area contributed by atoms with Gasteiger partial charge >= 0.3 is 0 Å². The Morgan fingerprint density at radius 3 is 2.71 bits per heavy atom. The standard InChI is InChI=1S/C16H19N3O2/c1-11(2)18-16(20)14-10-12(8-9-17-14)19-13-6-4-5-7-15(13)21-3/h4-11H,1-3H3,(H,17,19)(H,18,20). The molecule has 2 N–H and O–H groups in total. The highest BCUT2D eigenvalue weighted by Crippen LogP contribution is 2.26. The Bertz CT molecular complexity index is 626. The molecule has 5 heteroatoms. The van der Waals surface area contributed by atoms with E-state index in [0.29, 0.717) is 5.69 Å². The lowest BCUT2D eigenvalue weighted by atomic mass is 10.2. The molecule has 0 unspecified atom stereocenters. The Morgan fingerprint density at radius 2 is 2.00 bits per heavy atom. The van der Waals surface area contributed by atoms with Gasteiger partial charge in [-0.3, -0.25) is 9.78 Å². The molecule has 0 radical (unpaired) electrons. The van der Waals surface area contributed by atoms with E-state index >= 15 is 0 Å². The predicted molar refractivity (Wildman–Crippen MR) is 83.1 cm³/mol. The van der Waals surface area contributed by atoms with Crippen molar-refractivity contribution in [3.8, 4) is 5.75 Å². The van der Waals surface area contributed by atoms with Crippen molar-refractivity contribution in [1.29, 1.82) is 0 Å². The normalized spacial score (nSPS) is 10.3. The van der Waals surface area contributed by atoms with Gasteiger partial charge in [-0.2, -0.15) is 0 Å². The molecule has 0 aliphatic rings. The smallest absolute Gasteiger partial charge is 0.270 e. The van der Waals surface area contributed by atoms with Crippen LogP contribution in [0.2, 0.25) is 0 Å². The molecule has 0 saturated carbocycles. The summed E-state index contributed by atoms with van der Waals surface area (Å²) in [5.74, 6) is 0.552. The number of anilines is 2. The molecule has 0 saturated heterocycles. The molecular weight excluding hydrogens is 266 g/mol. The summed E-state index contributed by atoms with van der Waals surface area (Å²) in [5.41, 5.74) is 1.99. The van der Waals surface area contributed by atoms with E-state index in [4.69, 9.17) is 4.74 Å². The van der Waals surface area contributed by atoms with Crippen molar-refractivity contribution in [3.05, 3.63) is 48.3 Å². The number of hydrogen-bond acceptors (Lipinski definition) is 4. The van der Waals surface area contributed by atoms with E-state index in [1.807, 2.05) is 38.1 Å². The molecule has 0 aliphatic carbocycles. The zero-order valence-corrected chi connectivity index (χ0v) is 12.4. The summed E-state index contributed by atoms with van der Waals surface area (Å²) in [4.78, 5) is 16.1. The van der Waals surface area contributed by atoms with Crippen LogP contribution in [0.4, 0.5) is 11.4 Å². The Kier molecular flexibility index (Phi) is 4.77.